The van der Waals surface area contributed by atoms with Crippen LogP contribution in [0.4, 0.5) is 5.69 Å². The van der Waals surface area contributed by atoms with Crippen molar-refractivity contribution in [3.05, 3.63) is 66.1 Å². The summed E-state index contributed by atoms with van der Waals surface area (Å²) in [6, 6.07) is 17.3. The third kappa shape index (κ3) is 4.03. The number of aromatic nitrogens is 2. The lowest BCUT2D eigenvalue weighted by atomic mass is 10.2. The zero-order valence-corrected chi connectivity index (χ0v) is 12.8. The van der Waals surface area contributed by atoms with Crippen LogP contribution in [0.25, 0.3) is 11.4 Å². The molecule has 0 unspecified atom stereocenters. The van der Waals surface area contributed by atoms with Gasteiger partial charge in [0.2, 0.25) is 17.6 Å². The molecule has 0 radical (unpaired) electrons. The first kappa shape index (κ1) is 15.0. The molecule has 0 aliphatic rings. The maximum absolute atomic E-state index is 11.9. The monoisotopic (exact) mass is 307 g/mol. The van der Waals surface area contributed by atoms with Crippen molar-refractivity contribution in [2.75, 3.05) is 5.32 Å². The van der Waals surface area contributed by atoms with Gasteiger partial charge in [-0.3, -0.25) is 4.79 Å². The van der Waals surface area contributed by atoms with Crippen molar-refractivity contribution in [3.63, 3.8) is 0 Å². The Morgan fingerprint density at radius 3 is 2.57 bits per heavy atom. The van der Waals surface area contributed by atoms with Crippen LogP contribution >= 0.6 is 0 Å². The molecule has 0 saturated heterocycles. The quantitative estimate of drug-likeness (QED) is 0.781. The summed E-state index contributed by atoms with van der Waals surface area (Å²) in [7, 11) is 0. The molecule has 3 aromatic rings. The van der Waals surface area contributed by atoms with Gasteiger partial charge in [0.15, 0.2) is 0 Å². The van der Waals surface area contributed by atoms with Gasteiger partial charge in [0, 0.05) is 24.1 Å². The van der Waals surface area contributed by atoms with Gasteiger partial charge >= 0.3 is 0 Å². The second-order valence-electron chi connectivity index (χ2n) is 5.29. The summed E-state index contributed by atoms with van der Waals surface area (Å²) in [6.45, 7) is 2.01. The fourth-order valence-electron chi connectivity index (χ4n) is 2.14. The predicted molar refractivity (Wildman–Crippen MR) is 87.9 cm³/mol. The zero-order chi connectivity index (χ0) is 16.1. The average Bonchev–Trinajstić information content (AvgIpc) is 3.05. The average molecular weight is 307 g/mol. The largest absolute Gasteiger partial charge is 0.339 e. The molecule has 0 saturated carbocycles. The lowest BCUT2D eigenvalue weighted by Crippen LogP contribution is -2.12. The van der Waals surface area contributed by atoms with Crippen LogP contribution in [0.15, 0.2) is 59.1 Å². The van der Waals surface area contributed by atoms with E-state index in [1.807, 2.05) is 61.5 Å². The van der Waals surface area contributed by atoms with E-state index in [1.165, 1.54) is 0 Å². The third-order valence-electron chi connectivity index (χ3n) is 3.40. The summed E-state index contributed by atoms with van der Waals surface area (Å²) >= 11 is 0. The van der Waals surface area contributed by atoms with Crippen LogP contribution < -0.4 is 5.32 Å². The van der Waals surface area contributed by atoms with Crippen molar-refractivity contribution in [3.8, 4) is 11.4 Å². The Kier molecular flexibility index (Phi) is 4.47. The number of benzene rings is 2. The summed E-state index contributed by atoms with van der Waals surface area (Å²) in [6.07, 6.45) is 0.710. The van der Waals surface area contributed by atoms with E-state index in [-0.39, 0.29) is 5.91 Å². The van der Waals surface area contributed by atoms with Gasteiger partial charge in [-0.2, -0.15) is 4.98 Å². The number of aryl methyl sites for hydroxylation is 2. The zero-order valence-electron chi connectivity index (χ0n) is 12.8. The Bertz CT molecular complexity index is 780. The van der Waals surface area contributed by atoms with Crippen molar-refractivity contribution >= 4 is 11.6 Å². The first-order chi connectivity index (χ1) is 11.2. The summed E-state index contributed by atoms with van der Waals surface area (Å²) in [4.78, 5) is 16.3. The summed E-state index contributed by atoms with van der Waals surface area (Å²) < 4.78 is 5.19. The molecule has 5 nitrogen and oxygen atoms in total. The summed E-state index contributed by atoms with van der Waals surface area (Å²) in [5.41, 5.74) is 2.84. The molecule has 1 aromatic heterocycles. The van der Waals surface area contributed by atoms with Gasteiger partial charge in [-0.25, -0.2) is 0 Å². The molecule has 1 N–H and O–H groups in total. The molecule has 0 spiro atoms. The van der Waals surface area contributed by atoms with Crippen LogP contribution in [0.5, 0.6) is 0 Å². The molecular weight excluding hydrogens is 290 g/mol. The number of amides is 1. The number of rotatable bonds is 5. The molecule has 0 aliphatic carbocycles. The Labute approximate surface area is 134 Å². The lowest BCUT2D eigenvalue weighted by molar-refractivity contribution is -0.116. The van der Waals surface area contributed by atoms with E-state index in [1.54, 1.807) is 0 Å². The van der Waals surface area contributed by atoms with Crippen LogP contribution in [-0.4, -0.2) is 16.0 Å². The second kappa shape index (κ2) is 6.87. The third-order valence-corrected chi connectivity index (χ3v) is 3.40. The highest BCUT2D eigenvalue weighted by atomic mass is 16.5. The number of anilines is 1. The van der Waals surface area contributed by atoms with Gasteiger partial charge in [-0.1, -0.05) is 53.2 Å². The highest BCUT2D eigenvalue weighted by molar-refractivity contribution is 5.90. The Hall–Kier alpha value is -2.95. The highest BCUT2D eigenvalue weighted by Gasteiger charge is 2.10. The minimum absolute atomic E-state index is 0.0756. The van der Waals surface area contributed by atoms with Crippen LogP contribution in [-0.2, 0) is 11.2 Å². The molecule has 23 heavy (non-hydrogen) atoms. The fourth-order valence-corrected chi connectivity index (χ4v) is 2.14. The molecule has 2 aromatic carbocycles. The molecule has 116 valence electrons. The molecule has 1 heterocycles. The molecule has 1 amide bonds. The fraction of sp³-hybridized carbons (Fsp3) is 0.167. The highest BCUT2D eigenvalue weighted by Crippen LogP contribution is 2.15. The normalized spacial score (nSPS) is 10.5. The minimum atomic E-state index is -0.0756. The predicted octanol–water partition coefficient (Wildman–Crippen LogP) is 3.62. The van der Waals surface area contributed by atoms with Crippen molar-refractivity contribution < 1.29 is 9.32 Å². The first-order valence-electron chi connectivity index (χ1n) is 7.45. The number of nitrogens with zero attached hydrogens (tertiary/aromatic N) is 2. The van der Waals surface area contributed by atoms with Crippen molar-refractivity contribution in [2.45, 2.75) is 19.8 Å². The van der Waals surface area contributed by atoms with Gasteiger partial charge in [0.25, 0.3) is 0 Å². The topological polar surface area (TPSA) is 68.0 Å². The molecular formula is C18H17N3O2. The van der Waals surface area contributed by atoms with Crippen molar-refractivity contribution in [1.29, 1.82) is 0 Å². The molecule has 0 fully saturated rings. The smallest absolute Gasteiger partial charge is 0.227 e. The standard InChI is InChI=1S/C18H17N3O2/c1-13-7-9-15(10-8-13)19-16(22)11-12-17-20-18(21-23-17)14-5-3-2-4-6-14/h2-10H,11-12H2,1H3,(H,19,22). The van der Waals surface area contributed by atoms with Gasteiger partial charge in [0.1, 0.15) is 0 Å². The van der Waals surface area contributed by atoms with Crippen LogP contribution in [0.1, 0.15) is 17.9 Å². The van der Waals surface area contributed by atoms with E-state index in [0.29, 0.717) is 24.6 Å². The van der Waals surface area contributed by atoms with Crippen LogP contribution in [0.2, 0.25) is 0 Å². The van der Waals surface area contributed by atoms with Crippen molar-refractivity contribution in [2.24, 2.45) is 0 Å². The molecule has 0 aliphatic heterocycles. The van der Waals surface area contributed by atoms with Gasteiger partial charge in [-0.15, -0.1) is 0 Å². The maximum atomic E-state index is 11.9. The molecule has 0 atom stereocenters. The SMILES string of the molecule is Cc1ccc(NC(=O)CCc2nc(-c3ccccc3)no2)cc1. The maximum Gasteiger partial charge on any atom is 0.227 e. The van der Waals surface area contributed by atoms with Crippen LogP contribution in [0.3, 0.4) is 0 Å². The Morgan fingerprint density at radius 2 is 1.83 bits per heavy atom. The number of carbonyl (C=O) groups is 1. The lowest BCUT2D eigenvalue weighted by Gasteiger charge is -2.04. The Morgan fingerprint density at radius 1 is 1.09 bits per heavy atom. The molecule has 5 heteroatoms. The number of hydrogen-bond acceptors (Lipinski definition) is 4. The first-order valence-corrected chi connectivity index (χ1v) is 7.45. The van der Waals surface area contributed by atoms with E-state index in [0.717, 1.165) is 16.8 Å². The van der Waals surface area contributed by atoms with Gasteiger partial charge in [-0.05, 0) is 19.1 Å². The number of carbonyl (C=O) groups excluding carboxylic acids is 1. The van der Waals surface area contributed by atoms with E-state index < -0.39 is 0 Å². The van der Waals surface area contributed by atoms with E-state index in [9.17, 15) is 4.79 Å². The van der Waals surface area contributed by atoms with Crippen molar-refractivity contribution in [1.82, 2.24) is 10.1 Å². The van der Waals surface area contributed by atoms with Crippen LogP contribution in [0, 0.1) is 6.92 Å². The molecule has 0 bridgehead atoms. The van der Waals surface area contributed by atoms with E-state index in [4.69, 9.17) is 4.52 Å². The van der Waals surface area contributed by atoms with E-state index >= 15 is 0 Å². The minimum Gasteiger partial charge on any atom is -0.339 e. The summed E-state index contributed by atoms with van der Waals surface area (Å²) in [5.74, 6) is 0.927. The number of hydrogen-bond donors (Lipinski definition) is 1. The van der Waals surface area contributed by atoms with Gasteiger partial charge in [0.05, 0.1) is 0 Å². The van der Waals surface area contributed by atoms with E-state index in [2.05, 4.69) is 15.5 Å². The Balaban J connectivity index is 1.55. The second-order valence-corrected chi connectivity index (χ2v) is 5.29. The number of nitrogens with one attached hydrogen (secondary N) is 1. The summed E-state index contributed by atoms with van der Waals surface area (Å²) in [5, 5.41) is 6.79. The van der Waals surface area contributed by atoms with Gasteiger partial charge < -0.3 is 9.84 Å². The molecule has 3 rings (SSSR count).